The highest BCUT2D eigenvalue weighted by molar-refractivity contribution is 6.17. The molecule has 3 nitrogen and oxygen atoms in total. The van der Waals surface area contributed by atoms with Gasteiger partial charge in [0.05, 0.1) is 0 Å². The molecule has 0 N–H and O–H groups in total. The number of nitrogens with zero attached hydrogens (tertiary/aromatic N) is 3. The molecular formula is C11H13N3. The van der Waals surface area contributed by atoms with Crippen LogP contribution >= 0.6 is 0 Å². The third-order valence-electron chi connectivity index (χ3n) is 2.23. The first-order chi connectivity index (χ1) is 6.77. The Hall–Kier alpha value is -1.64. The molecular weight excluding hydrogens is 174 g/mol. The maximum absolute atomic E-state index is 4.22. The van der Waals surface area contributed by atoms with Gasteiger partial charge in [-0.25, -0.2) is 0 Å². The molecule has 72 valence electrons. The Morgan fingerprint density at radius 1 is 1.00 bits per heavy atom. The number of benzene rings is 1. The summed E-state index contributed by atoms with van der Waals surface area (Å²) in [7, 11) is 4.06. The fraction of sp³-hybridized carbons (Fsp3) is 0.273. The van der Waals surface area contributed by atoms with E-state index in [0.717, 1.165) is 5.56 Å². The quantitative estimate of drug-likeness (QED) is 0.695. The summed E-state index contributed by atoms with van der Waals surface area (Å²) in [6.07, 6.45) is 3.46. The number of hydrogen-bond acceptors (Lipinski definition) is 3. The lowest BCUT2D eigenvalue weighted by Crippen LogP contribution is -2.08. The van der Waals surface area contributed by atoms with Crippen LogP contribution in [-0.2, 0) is 0 Å². The van der Waals surface area contributed by atoms with Crippen LogP contribution in [0.3, 0.4) is 0 Å². The van der Waals surface area contributed by atoms with Crippen molar-refractivity contribution in [3.8, 4) is 0 Å². The molecule has 0 saturated heterocycles. The zero-order valence-electron chi connectivity index (χ0n) is 8.38. The molecule has 1 aliphatic rings. The highest BCUT2D eigenvalue weighted by Crippen LogP contribution is 2.22. The normalized spacial score (nSPS) is 15.0. The van der Waals surface area contributed by atoms with E-state index < -0.39 is 0 Å². The Kier molecular flexibility index (Phi) is 2.31. The van der Waals surface area contributed by atoms with Crippen molar-refractivity contribution in [2.24, 2.45) is 9.98 Å². The summed E-state index contributed by atoms with van der Waals surface area (Å²) in [6.45, 7) is 0. The smallest absolute Gasteiger partial charge is 0.165 e. The van der Waals surface area contributed by atoms with Crippen molar-refractivity contribution in [3.05, 3.63) is 29.8 Å². The van der Waals surface area contributed by atoms with E-state index in [-0.39, 0.29) is 6.17 Å². The van der Waals surface area contributed by atoms with Gasteiger partial charge in [-0.15, -0.1) is 0 Å². The average Bonchev–Trinajstić information content (AvgIpc) is 2.71. The molecule has 1 aromatic rings. The second-order valence-electron chi connectivity index (χ2n) is 3.46. The zero-order chi connectivity index (χ0) is 9.97. The first kappa shape index (κ1) is 8.94. The maximum atomic E-state index is 4.22. The molecule has 0 unspecified atom stereocenters. The molecule has 1 aromatic carbocycles. The molecule has 0 aliphatic carbocycles. The van der Waals surface area contributed by atoms with Crippen LogP contribution in [0.5, 0.6) is 0 Å². The number of anilines is 1. The molecule has 0 atom stereocenters. The largest absolute Gasteiger partial charge is 0.378 e. The van der Waals surface area contributed by atoms with Gasteiger partial charge < -0.3 is 4.90 Å². The topological polar surface area (TPSA) is 28.0 Å². The lowest BCUT2D eigenvalue weighted by molar-refractivity contribution is 0.802. The van der Waals surface area contributed by atoms with E-state index in [1.807, 2.05) is 14.1 Å². The van der Waals surface area contributed by atoms with Crippen LogP contribution in [0.4, 0.5) is 5.69 Å². The molecule has 14 heavy (non-hydrogen) atoms. The van der Waals surface area contributed by atoms with Crippen molar-refractivity contribution in [1.29, 1.82) is 0 Å². The van der Waals surface area contributed by atoms with E-state index in [9.17, 15) is 0 Å². The summed E-state index contributed by atoms with van der Waals surface area (Å²) in [4.78, 5) is 10.5. The number of rotatable bonds is 2. The van der Waals surface area contributed by atoms with Gasteiger partial charge in [0.25, 0.3) is 0 Å². The summed E-state index contributed by atoms with van der Waals surface area (Å²) in [5.41, 5.74) is 2.33. The molecule has 1 heterocycles. The summed E-state index contributed by atoms with van der Waals surface area (Å²) in [6, 6.07) is 8.30. The molecule has 3 heteroatoms. The Labute approximate surface area is 83.8 Å². The van der Waals surface area contributed by atoms with Gasteiger partial charge in [-0.2, -0.15) is 0 Å². The van der Waals surface area contributed by atoms with Crippen LogP contribution < -0.4 is 4.90 Å². The maximum Gasteiger partial charge on any atom is 0.165 e. The lowest BCUT2D eigenvalue weighted by atomic mass is 10.1. The third kappa shape index (κ3) is 1.66. The van der Waals surface area contributed by atoms with Gasteiger partial charge in [0, 0.05) is 32.2 Å². The molecule has 0 radical (unpaired) electrons. The van der Waals surface area contributed by atoms with Gasteiger partial charge in [0.2, 0.25) is 0 Å². The minimum absolute atomic E-state index is 0.0220. The van der Waals surface area contributed by atoms with E-state index in [1.54, 1.807) is 12.4 Å². The first-order valence-corrected chi connectivity index (χ1v) is 4.59. The van der Waals surface area contributed by atoms with E-state index in [0.29, 0.717) is 0 Å². The van der Waals surface area contributed by atoms with Crippen molar-refractivity contribution in [2.45, 2.75) is 6.17 Å². The van der Waals surface area contributed by atoms with E-state index in [1.165, 1.54) is 5.69 Å². The number of aliphatic imine (C=N–C) groups is 2. The number of hydrogen-bond donors (Lipinski definition) is 0. The van der Waals surface area contributed by atoms with Crippen molar-refractivity contribution < 1.29 is 0 Å². The van der Waals surface area contributed by atoms with Crippen LogP contribution in [-0.4, -0.2) is 26.5 Å². The van der Waals surface area contributed by atoms with E-state index >= 15 is 0 Å². The van der Waals surface area contributed by atoms with Crippen molar-refractivity contribution in [3.63, 3.8) is 0 Å². The first-order valence-electron chi connectivity index (χ1n) is 4.59. The standard InChI is InChI=1S/C11H13N3/c1-14(2)10-5-3-9(4-6-10)11-12-7-8-13-11/h3-8,11H,1-2H3. The van der Waals surface area contributed by atoms with E-state index in [2.05, 4.69) is 39.2 Å². The average molecular weight is 187 g/mol. The Balaban J connectivity index is 2.21. The fourth-order valence-electron chi connectivity index (χ4n) is 1.40. The third-order valence-corrected chi connectivity index (χ3v) is 2.23. The van der Waals surface area contributed by atoms with Crippen LogP contribution in [0.25, 0.3) is 0 Å². The monoisotopic (exact) mass is 187 g/mol. The van der Waals surface area contributed by atoms with Crippen LogP contribution in [0, 0.1) is 0 Å². The van der Waals surface area contributed by atoms with Crippen LogP contribution in [0.1, 0.15) is 11.7 Å². The predicted octanol–water partition coefficient (Wildman–Crippen LogP) is 1.91. The SMILES string of the molecule is CN(C)c1ccc(C2N=CC=N2)cc1. The van der Waals surface area contributed by atoms with Gasteiger partial charge in [0.1, 0.15) is 0 Å². The Morgan fingerprint density at radius 2 is 1.57 bits per heavy atom. The molecule has 0 bridgehead atoms. The van der Waals surface area contributed by atoms with Crippen LogP contribution in [0.2, 0.25) is 0 Å². The second kappa shape index (κ2) is 3.62. The minimum Gasteiger partial charge on any atom is -0.378 e. The highest BCUT2D eigenvalue weighted by Gasteiger charge is 2.08. The lowest BCUT2D eigenvalue weighted by Gasteiger charge is -2.13. The molecule has 0 fully saturated rings. The molecule has 1 aliphatic heterocycles. The summed E-state index contributed by atoms with van der Waals surface area (Å²) >= 11 is 0. The Morgan fingerprint density at radius 3 is 2.07 bits per heavy atom. The Bertz CT molecular complexity index is 351. The van der Waals surface area contributed by atoms with Crippen molar-refractivity contribution >= 4 is 18.1 Å². The zero-order valence-corrected chi connectivity index (χ0v) is 8.38. The highest BCUT2D eigenvalue weighted by atomic mass is 15.1. The molecule has 0 saturated carbocycles. The molecule has 0 aromatic heterocycles. The molecule has 0 spiro atoms. The van der Waals surface area contributed by atoms with Gasteiger partial charge >= 0.3 is 0 Å². The van der Waals surface area contributed by atoms with Gasteiger partial charge in [0.15, 0.2) is 6.17 Å². The summed E-state index contributed by atoms with van der Waals surface area (Å²) < 4.78 is 0. The predicted molar refractivity (Wildman–Crippen MR) is 60.5 cm³/mol. The molecule has 0 amide bonds. The van der Waals surface area contributed by atoms with Crippen LogP contribution in [0.15, 0.2) is 34.3 Å². The minimum atomic E-state index is -0.0220. The van der Waals surface area contributed by atoms with Gasteiger partial charge in [-0.1, -0.05) is 12.1 Å². The van der Waals surface area contributed by atoms with E-state index in [4.69, 9.17) is 0 Å². The fourth-order valence-corrected chi connectivity index (χ4v) is 1.40. The summed E-state index contributed by atoms with van der Waals surface area (Å²) in [5, 5.41) is 0. The van der Waals surface area contributed by atoms with Crippen molar-refractivity contribution in [2.75, 3.05) is 19.0 Å². The second-order valence-corrected chi connectivity index (χ2v) is 3.46. The summed E-state index contributed by atoms with van der Waals surface area (Å²) in [5.74, 6) is 0. The van der Waals surface area contributed by atoms with Gasteiger partial charge in [-0.05, 0) is 17.7 Å². The molecule has 2 rings (SSSR count). The van der Waals surface area contributed by atoms with Crippen molar-refractivity contribution in [1.82, 2.24) is 0 Å². The van der Waals surface area contributed by atoms with Gasteiger partial charge in [-0.3, -0.25) is 9.98 Å².